The number of hydrogen-bond acceptors (Lipinski definition) is 3. The number of carbonyl (C=O) groups is 1. The van der Waals surface area contributed by atoms with Crippen LogP contribution in [0.5, 0.6) is 0 Å². The van der Waals surface area contributed by atoms with Crippen LogP contribution in [0.1, 0.15) is 38.4 Å². The summed E-state index contributed by atoms with van der Waals surface area (Å²) < 4.78 is 5.75. The van der Waals surface area contributed by atoms with Crippen molar-refractivity contribution in [3.05, 3.63) is 34.9 Å². The maximum absolute atomic E-state index is 12.1. The van der Waals surface area contributed by atoms with Crippen LogP contribution < -0.4 is 10.6 Å². The number of urea groups is 1. The van der Waals surface area contributed by atoms with Crippen molar-refractivity contribution in [2.75, 3.05) is 13.2 Å². The van der Waals surface area contributed by atoms with Crippen LogP contribution in [0.2, 0.25) is 5.02 Å². The molecule has 0 saturated carbocycles. The molecule has 128 valence electrons. The van der Waals surface area contributed by atoms with Crippen molar-refractivity contribution in [2.24, 2.45) is 5.92 Å². The average Bonchev–Trinajstić information content (AvgIpc) is 2.93. The van der Waals surface area contributed by atoms with Crippen LogP contribution in [0.25, 0.3) is 0 Å². The largest absolute Gasteiger partial charge is 0.393 e. The molecule has 4 unspecified atom stereocenters. The van der Waals surface area contributed by atoms with Crippen LogP contribution in [-0.4, -0.2) is 36.4 Å². The second-order valence-electron chi connectivity index (χ2n) is 6.28. The highest BCUT2D eigenvalue weighted by Gasteiger charge is 2.30. The molecule has 3 N–H and O–H groups in total. The van der Waals surface area contributed by atoms with E-state index in [1.807, 2.05) is 31.2 Å². The number of hydrogen-bond donors (Lipinski definition) is 3. The van der Waals surface area contributed by atoms with Crippen molar-refractivity contribution < 1.29 is 14.6 Å². The Hall–Kier alpha value is -1.30. The molecule has 0 bridgehead atoms. The molecule has 1 fully saturated rings. The molecule has 2 amide bonds. The van der Waals surface area contributed by atoms with E-state index in [-0.39, 0.29) is 30.2 Å². The van der Waals surface area contributed by atoms with Gasteiger partial charge in [-0.1, -0.05) is 30.7 Å². The normalized spacial score (nSPS) is 23.3. The zero-order chi connectivity index (χ0) is 16.8. The lowest BCUT2D eigenvalue weighted by atomic mass is 10.0. The van der Waals surface area contributed by atoms with Gasteiger partial charge >= 0.3 is 6.03 Å². The minimum Gasteiger partial charge on any atom is -0.393 e. The lowest BCUT2D eigenvalue weighted by molar-refractivity contribution is 0.0998. The van der Waals surface area contributed by atoms with Crippen molar-refractivity contribution in [1.82, 2.24) is 10.6 Å². The van der Waals surface area contributed by atoms with E-state index in [1.54, 1.807) is 6.92 Å². The van der Waals surface area contributed by atoms with Gasteiger partial charge in [0, 0.05) is 18.2 Å². The van der Waals surface area contributed by atoms with Gasteiger partial charge in [-0.3, -0.25) is 0 Å². The number of benzene rings is 1. The second kappa shape index (κ2) is 8.52. The minimum absolute atomic E-state index is 0.0525. The average molecular weight is 341 g/mol. The maximum Gasteiger partial charge on any atom is 0.315 e. The van der Waals surface area contributed by atoms with Crippen molar-refractivity contribution in [3.8, 4) is 0 Å². The standard InChI is InChI=1S/C17H25ClN2O3/c1-11(9-12(2)21)10-19-17(22)20-15-7-8-23-16(15)13-3-5-14(18)6-4-13/h3-6,11-12,15-16,21H,7-10H2,1-2H3,(H2,19,20,22). The predicted molar refractivity (Wildman–Crippen MR) is 90.5 cm³/mol. The van der Waals surface area contributed by atoms with Crippen LogP contribution in [0.4, 0.5) is 4.79 Å². The van der Waals surface area contributed by atoms with E-state index in [9.17, 15) is 9.90 Å². The Bertz CT molecular complexity index is 507. The third kappa shape index (κ3) is 5.68. The van der Waals surface area contributed by atoms with Gasteiger partial charge < -0.3 is 20.5 Å². The van der Waals surface area contributed by atoms with Crippen LogP contribution in [-0.2, 0) is 4.74 Å². The van der Waals surface area contributed by atoms with Crippen LogP contribution in [0.15, 0.2) is 24.3 Å². The minimum atomic E-state index is -0.354. The van der Waals surface area contributed by atoms with E-state index in [0.29, 0.717) is 24.6 Å². The highest BCUT2D eigenvalue weighted by Crippen LogP contribution is 2.29. The fourth-order valence-electron chi connectivity index (χ4n) is 2.87. The molecule has 23 heavy (non-hydrogen) atoms. The molecule has 1 aliphatic rings. The van der Waals surface area contributed by atoms with Gasteiger partial charge in [0.2, 0.25) is 0 Å². The molecule has 0 spiro atoms. The molecule has 2 rings (SSSR count). The van der Waals surface area contributed by atoms with Gasteiger partial charge in [0.25, 0.3) is 0 Å². The van der Waals surface area contributed by atoms with Gasteiger partial charge in [-0.15, -0.1) is 0 Å². The number of aliphatic hydroxyl groups is 1. The predicted octanol–water partition coefficient (Wildman–Crippen LogP) is 2.88. The van der Waals surface area contributed by atoms with Crippen molar-refractivity contribution >= 4 is 17.6 Å². The Balaban J connectivity index is 1.83. The van der Waals surface area contributed by atoms with E-state index in [1.165, 1.54) is 0 Å². The number of aliphatic hydroxyl groups excluding tert-OH is 1. The van der Waals surface area contributed by atoms with Crippen LogP contribution in [0.3, 0.4) is 0 Å². The Morgan fingerprint density at radius 2 is 2.09 bits per heavy atom. The lowest BCUT2D eigenvalue weighted by Gasteiger charge is -2.21. The molecular formula is C17H25ClN2O3. The smallest absolute Gasteiger partial charge is 0.315 e. The molecule has 4 atom stereocenters. The third-order valence-corrected chi connectivity index (χ3v) is 4.21. The highest BCUT2D eigenvalue weighted by atomic mass is 35.5. The fraction of sp³-hybridized carbons (Fsp3) is 0.588. The zero-order valence-corrected chi connectivity index (χ0v) is 14.3. The summed E-state index contributed by atoms with van der Waals surface area (Å²) in [7, 11) is 0. The molecule has 5 nitrogen and oxygen atoms in total. The number of nitrogens with one attached hydrogen (secondary N) is 2. The number of ether oxygens (including phenoxy) is 1. The Kier molecular flexibility index (Phi) is 6.69. The van der Waals surface area contributed by atoms with E-state index in [4.69, 9.17) is 16.3 Å². The van der Waals surface area contributed by atoms with Gasteiger partial charge in [0.15, 0.2) is 0 Å². The number of rotatable bonds is 6. The van der Waals surface area contributed by atoms with Crippen LogP contribution >= 0.6 is 11.6 Å². The zero-order valence-electron chi connectivity index (χ0n) is 13.6. The molecule has 1 aliphatic heterocycles. The summed E-state index contributed by atoms with van der Waals surface area (Å²) in [5.41, 5.74) is 1.01. The summed E-state index contributed by atoms with van der Waals surface area (Å²) >= 11 is 5.91. The first-order chi connectivity index (χ1) is 11.0. The molecule has 6 heteroatoms. The van der Waals surface area contributed by atoms with Crippen LogP contribution in [0, 0.1) is 5.92 Å². The van der Waals surface area contributed by atoms with Gasteiger partial charge in [-0.25, -0.2) is 4.79 Å². The molecule has 0 aliphatic carbocycles. The molecule has 1 aromatic rings. The molecule has 0 radical (unpaired) electrons. The van der Waals surface area contributed by atoms with E-state index in [0.717, 1.165) is 12.0 Å². The number of halogens is 1. The van der Waals surface area contributed by atoms with E-state index >= 15 is 0 Å². The van der Waals surface area contributed by atoms with Crippen molar-refractivity contribution in [1.29, 1.82) is 0 Å². The van der Waals surface area contributed by atoms with Gasteiger partial charge in [-0.05, 0) is 43.4 Å². The molecule has 1 saturated heterocycles. The first kappa shape index (κ1) is 18.0. The molecule has 1 aromatic carbocycles. The number of carbonyl (C=O) groups excluding carboxylic acids is 1. The number of amides is 2. The first-order valence-corrected chi connectivity index (χ1v) is 8.43. The maximum atomic E-state index is 12.1. The van der Waals surface area contributed by atoms with Crippen molar-refractivity contribution in [3.63, 3.8) is 0 Å². The van der Waals surface area contributed by atoms with E-state index in [2.05, 4.69) is 10.6 Å². The first-order valence-electron chi connectivity index (χ1n) is 8.05. The Morgan fingerprint density at radius 3 is 2.74 bits per heavy atom. The molecular weight excluding hydrogens is 316 g/mol. The highest BCUT2D eigenvalue weighted by molar-refractivity contribution is 6.30. The molecule has 1 heterocycles. The lowest BCUT2D eigenvalue weighted by Crippen LogP contribution is -2.44. The summed E-state index contributed by atoms with van der Waals surface area (Å²) in [5.74, 6) is 0.229. The second-order valence-corrected chi connectivity index (χ2v) is 6.72. The fourth-order valence-corrected chi connectivity index (χ4v) is 3.00. The third-order valence-electron chi connectivity index (χ3n) is 3.96. The summed E-state index contributed by atoms with van der Waals surface area (Å²) in [6.45, 7) is 4.91. The quantitative estimate of drug-likeness (QED) is 0.745. The van der Waals surface area contributed by atoms with Gasteiger partial charge in [-0.2, -0.15) is 0 Å². The van der Waals surface area contributed by atoms with Gasteiger partial charge in [0.05, 0.1) is 12.1 Å². The summed E-state index contributed by atoms with van der Waals surface area (Å²) in [6.07, 6.45) is 0.949. The monoisotopic (exact) mass is 340 g/mol. The van der Waals surface area contributed by atoms with Gasteiger partial charge in [0.1, 0.15) is 6.10 Å². The molecule has 0 aromatic heterocycles. The van der Waals surface area contributed by atoms with E-state index < -0.39 is 0 Å². The Morgan fingerprint density at radius 1 is 1.39 bits per heavy atom. The van der Waals surface area contributed by atoms with Crippen molar-refractivity contribution in [2.45, 2.75) is 44.9 Å². The summed E-state index contributed by atoms with van der Waals surface area (Å²) in [4.78, 5) is 12.1. The Labute approximate surface area is 142 Å². The summed E-state index contributed by atoms with van der Waals surface area (Å²) in [5, 5.41) is 15.9. The summed E-state index contributed by atoms with van der Waals surface area (Å²) in [6, 6.07) is 7.26. The SMILES string of the molecule is CC(O)CC(C)CNC(=O)NC1CCOC1c1ccc(Cl)cc1. The topological polar surface area (TPSA) is 70.6 Å².